The molecule has 2 heterocycles. The first kappa shape index (κ1) is 14.6. The summed E-state index contributed by atoms with van der Waals surface area (Å²) in [5, 5.41) is 0. The van der Waals surface area contributed by atoms with E-state index in [4.69, 9.17) is 0 Å². The first-order valence-corrected chi connectivity index (χ1v) is 8.14. The molecule has 2 aromatic carbocycles. The highest BCUT2D eigenvalue weighted by Crippen LogP contribution is 2.33. The smallest absolute Gasteiger partial charge is 0.223 e. The van der Waals surface area contributed by atoms with Crippen molar-refractivity contribution in [1.29, 1.82) is 0 Å². The first-order valence-electron chi connectivity index (χ1n) is 8.14. The molecule has 0 atom stereocenters. The van der Waals surface area contributed by atoms with Crippen LogP contribution in [0.1, 0.15) is 12.5 Å². The number of benzene rings is 2. The molecule has 1 aromatic heterocycles. The lowest BCUT2D eigenvalue weighted by Gasteiger charge is -2.15. The van der Waals surface area contributed by atoms with Gasteiger partial charge < -0.3 is 4.90 Å². The van der Waals surface area contributed by atoms with Crippen LogP contribution < -0.4 is 4.90 Å². The number of carbonyl (C=O) groups excluding carboxylic acids is 1. The number of fused-ring (bicyclic) bond motifs is 1. The van der Waals surface area contributed by atoms with E-state index in [1.165, 1.54) is 5.56 Å². The highest BCUT2D eigenvalue weighted by molar-refractivity contribution is 5.94. The lowest BCUT2D eigenvalue weighted by Crippen LogP contribution is -2.25. The Morgan fingerprint density at radius 1 is 0.917 bits per heavy atom. The van der Waals surface area contributed by atoms with E-state index in [1.54, 1.807) is 6.92 Å². The second-order valence-electron chi connectivity index (χ2n) is 6.09. The number of carbonyl (C=O) groups is 1. The van der Waals surface area contributed by atoms with Gasteiger partial charge in [0.05, 0.1) is 0 Å². The van der Waals surface area contributed by atoms with Gasteiger partial charge in [-0.1, -0.05) is 36.4 Å². The first-order chi connectivity index (χ1) is 11.7. The van der Waals surface area contributed by atoms with Gasteiger partial charge in [-0.2, -0.15) is 0 Å². The van der Waals surface area contributed by atoms with Crippen LogP contribution in [-0.4, -0.2) is 17.4 Å². The average molecular weight is 314 g/mol. The Bertz CT molecular complexity index is 903. The second kappa shape index (κ2) is 5.93. The van der Waals surface area contributed by atoms with Crippen molar-refractivity contribution in [3.05, 3.63) is 72.6 Å². The molecule has 0 bridgehead atoms. The van der Waals surface area contributed by atoms with Gasteiger partial charge in [0.1, 0.15) is 0 Å². The fourth-order valence-electron chi connectivity index (χ4n) is 3.29. The van der Waals surface area contributed by atoms with Gasteiger partial charge in [0, 0.05) is 42.7 Å². The van der Waals surface area contributed by atoms with Crippen molar-refractivity contribution >= 4 is 11.6 Å². The van der Waals surface area contributed by atoms with Gasteiger partial charge in [0.2, 0.25) is 5.91 Å². The van der Waals surface area contributed by atoms with E-state index in [0.717, 1.165) is 40.9 Å². The van der Waals surface area contributed by atoms with Gasteiger partial charge >= 0.3 is 0 Å². The molecule has 0 saturated heterocycles. The largest absolute Gasteiger partial charge is 0.312 e. The zero-order valence-corrected chi connectivity index (χ0v) is 13.6. The number of aromatic nitrogens is 1. The summed E-state index contributed by atoms with van der Waals surface area (Å²) < 4.78 is 0. The lowest BCUT2D eigenvalue weighted by molar-refractivity contribution is -0.116. The topological polar surface area (TPSA) is 33.2 Å². The predicted molar refractivity (Wildman–Crippen MR) is 96.8 cm³/mol. The van der Waals surface area contributed by atoms with E-state index >= 15 is 0 Å². The summed E-state index contributed by atoms with van der Waals surface area (Å²) in [5.74, 6) is 0.106. The van der Waals surface area contributed by atoms with E-state index < -0.39 is 0 Å². The fraction of sp³-hybridized carbons (Fsp3) is 0.143. The molecule has 1 aliphatic rings. The van der Waals surface area contributed by atoms with Crippen molar-refractivity contribution in [2.24, 2.45) is 0 Å². The van der Waals surface area contributed by atoms with Crippen LogP contribution in [-0.2, 0) is 11.2 Å². The molecule has 1 aliphatic heterocycles. The Morgan fingerprint density at radius 3 is 2.42 bits per heavy atom. The zero-order valence-electron chi connectivity index (χ0n) is 13.6. The summed E-state index contributed by atoms with van der Waals surface area (Å²) in [4.78, 5) is 17.9. The molecular formula is C21H18N2O. The molecule has 1 amide bonds. The summed E-state index contributed by atoms with van der Waals surface area (Å²) in [6.45, 7) is 2.40. The van der Waals surface area contributed by atoms with E-state index in [2.05, 4.69) is 35.3 Å². The lowest BCUT2D eigenvalue weighted by atomic mass is 10.00. The molecule has 0 radical (unpaired) electrons. The maximum absolute atomic E-state index is 11.7. The van der Waals surface area contributed by atoms with Gasteiger partial charge in [-0.05, 0) is 41.3 Å². The quantitative estimate of drug-likeness (QED) is 0.705. The molecule has 0 N–H and O–H groups in total. The number of pyridine rings is 1. The highest BCUT2D eigenvalue weighted by atomic mass is 16.2. The predicted octanol–water partition coefficient (Wildman–Crippen LogP) is 4.32. The molecule has 118 valence electrons. The van der Waals surface area contributed by atoms with Gasteiger partial charge in [-0.25, -0.2) is 0 Å². The molecule has 0 aliphatic carbocycles. The van der Waals surface area contributed by atoms with Crippen LogP contribution in [0.2, 0.25) is 0 Å². The van der Waals surface area contributed by atoms with Crippen LogP contribution in [0.4, 0.5) is 5.69 Å². The van der Waals surface area contributed by atoms with Crippen LogP contribution in [0.15, 0.2) is 67.0 Å². The second-order valence-corrected chi connectivity index (χ2v) is 6.09. The molecule has 24 heavy (non-hydrogen) atoms. The van der Waals surface area contributed by atoms with Crippen molar-refractivity contribution in [3.63, 3.8) is 0 Å². The number of anilines is 1. The summed E-state index contributed by atoms with van der Waals surface area (Å²) in [6, 6.07) is 18.7. The fourth-order valence-corrected chi connectivity index (χ4v) is 3.29. The van der Waals surface area contributed by atoms with Crippen LogP contribution in [0.5, 0.6) is 0 Å². The SMILES string of the molecule is CC(=O)N1CCc2cc(-c3cncc(-c4ccccc4)c3)ccc21. The molecule has 4 rings (SSSR count). The average Bonchev–Trinajstić information content (AvgIpc) is 3.06. The number of hydrogen-bond donors (Lipinski definition) is 0. The van der Waals surface area contributed by atoms with Crippen LogP contribution in [0.3, 0.4) is 0 Å². The molecule has 3 nitrogen and oxygen atoms in total. The van der Waals surface area contributed by atoms with E-state index in [9.17, 15) is 4.79 Å². The van der Waals surface area contributed by atoms with Crippen LogP contribution in [0.25, 0.3) is 22.3 Å². The number of hydrogen-bond acceptors (Lipinski definition) is 2. The molecule has 3 heteroatoms. The van der Waals surface area contributed by atoms with Crippen molar-refractivity contribution in [3.8, 4) is 22.3 Å². The molecule has 0 fully saturated rings. The number of rotatable bonds is 2. The number of amides is 1. The monoisotopic (exact) mass is 314 g/mol. The maximum Gasteiger partial charge on any atom is 0.223 e. The van der Waals surface area contributed by atoms with Gasteiger partial charge in [0.25, 0.3) is 0 Å². The van der Waals surface area contributed by atoms with Gasteiger partial charge in [0.15, 0.2) is 0 Å². The van der Waals surface area contributed by atoms with Crippen LogP contribution >= 0.6 is 0 Å². The Hall–Kier alpha value is -2.94. The molecule has 0 spiro atoms. The van der Waals surface area contributed by atoms with E-state index in [-0.39, 0.29) is 5.91 Å². The Morgan fingerprint density at radius 2 is 1.67 bits per heavy atom. The zero-order chi connectivity index (χ0) is 16.5. The third kappa shape index (κ3) is 2.58. The molecule has 0 unspecified atom stereocenters. The van der Waals surface area contributed by atoms with Gasteiger partial charge in [-0.15, -0.1) is 0 Å². The molecular weight excluding hydrogens is 296 g/mol. The third-order valence-corrected chi connectivity index (χ3v) is 4.53. The maximum atomic E-state index is 11.7. The minimum Gasteiger partial charge on any atom is -0.312 e. The Kier molecular flexibility index (Phi) is 3.62. The van der Waals surface area contributed by atoms with E-state index in [0.29, 0.717) is 0 Å². The van der Waals surface area contributed by atoms with Crippen molar-refractivity contribution in [1.82, 2.24) is 4.98 Å². The minimum atomic E-state index is 0.106. The van der Waals surface area contributed by atoms with E-state index in [1.807, 2.05) is 41.6 Å². The summed E-state index contributed by atoms with van der Waals surface area (Å²) in [6.07, 6.45) is 4.70. The standard InChI is InChI=1S/C21H18N2O/c1-15(24)23-10-9-18-11-17(7-8-21(18)23)20-12-19(13-22-14-20)16-5-3-2-4-6-16/h2-8,11-14H,9-10H2,1H3. The van der Waals surface area contributed by atoms with Crippen molar-refractivity contribution < 1.29 is 4.79 Å². The summed E-state index contributed by atoms with van der Waals surface area (Å²) in [5.41, 5.74) is 6.78. The Balaban J connectivity index is 1.72. The highest BCUT2D eigenvalue weighted by Gasteiger charge is 2.22. The molecule has 3 aromatic rings. The van der Waals surface area contributed by atoms with Crippen molar-refractivity contribution in [2.75, 3.05) is 11.4 Å². The van der Waals surface area contributed by atoms with Gasteiger partial charge in [-0.3, -0.25) is 9.78 Å². The minimum absolute atomic E-state index is 0.106. The number of nitrogens with zero attached hydrogens (tertiary/aromatic N) is 2. The molecule has 0 saturated carbocycles. The Labute approximate surface area is 141 Å². The third-order valence-electron chi connectivity index (χ3n) is 4.53. The summed E-state index contributed by atoms with van der Waals surface area (Å²) >= 11 is 0. The van der Waals surface area contributed by atoms with Crippen molar-refractivity contribution in [2.45, 2.75) is 13.3 Å². The normalized spacial score (nSPS) is 13.0. The van der Waals surface area contributed by atoms with Crippen LogP contribution in [0, 0.1) is 0 Å². The summed E-state index contributed by atoms with van der Waals surface area (Å²) in [7, 11) is 0.